The molecule has 0 spiro atoms. The maximum absolute atomic E-state index is 13.6. The van der Waals surface area contributed by atoms with Crippen LogP contribution in [0, 0.1) is 11.6 Å². The number of amides is 1. The van der Waals surface area contributed by atoms with Crippen molar-refractivity contribution in [2.45, 2.75) is 13.5 Å². The zero-order chi connectivity index (χ0) is 17.1. The first-order valence-corrected chi connectivity index (χ1v) is 7.90. The zero-order valence-electron chi connectivity index (χ0n) is 12.6. The van der Waals surface area contributed by atoms with Gasteiger partial charge >= 0.3 is 0 Å². The Labute approximate surface area is 140 Å². The minimum absolute atomic E-state index is 0.142. The second kappa shape index (κ2) is 6.79. The van der Waals surface area contributed by atoms with Crippen molar-refractivity contribution in [2.75, 3.05) is 5.32 Å². The molecule has 0 radical (unpaired) electrons. The summed E-state index contributed by atoms with van der Waals surface area (Å²) in [5, 5.41) is 7.65. The molecule has 2 N–H and O–H groups in total. The van der Waals surface area contributed by atoms with Crippen molar-refractivity contribution in [3.05, 3.63) is 53.1 Å². The Bertz CT molecular complexity index is 876. The molecule has 0 unspecified atom stereocenters. The van der Waals surface area contributed by atoms with Crippen LogP contribution in [-0.4, -0.2) is 10.9 Å². The molecule has 2 heterocycles. The minimum atomic E-state index is -0.692. The first-order chi connectivity index (χ1) is 11.5. The molecule has 8 heteroatoms. The minimum Gasteiger partial charge on any atom is -0.458 e. The van der Waals surface area contributed by atoms with E-state index in [2.05, 4.69) is 15.6 Å². The fraction of sp³-hybridized carbons (Fsp3) is 0.125. The van der Waals surface area contributed by atoms with Gasteiger partial charge in [0.05, 0.1) is 12.2 Å². The van der Waals surface area contributed by atoms with Gasteiger partial charge in [0.1, 0.15) is 23.1 Å². The van der Waals surface area contributed by atoms with Crippen LogP contribution < -0.4 is 10.6 Å². The van der Waals surface area contributed by atoms with Gasteiger partial charge in [-0.3, -0.25) is 4.79 Å². The molecule has 0 aliphatic carbocycles. The number of halogens is 2. The predicted octanol–water partition coefficient (Wildman–Crippen LogP) is 4.06. The molecule has 124 valence electrons. The van der Waals surface area contributed by atoms with Crippen molar-refractivity contribution in [1.82, 2.24) is 10.3 Å². The fourth-order valence-electron chi connectivity index (χ4n) is 1.97. The topological polar surface area (TPSA) is 67.2 Å². The number of carbonyl (C=O) groups excluding carboxylic acids is 1. The number of thiazole rings is 1. The molecule has 0 aliphatic heterocycles. The van der Waals surface area contributed by atoms with Crippen molar-refractivity contribution in [3.63, 3.8) is 0 Å². The third kappa shape index (κ3) is 3.77. The van der Waals surface area contributed by atoms with Gasteiger partial charge in [-0.1, -0.05) is 0 Å². The molecule has 0 atom stereocenters. The summed E-state index contributed by atoms with van der Waals surface area (Å²) in [4.78, 5) is 15.2. The molecule has 3 aromatic rings. The summed E-state index contributed by atoms with van der Waals surface area (Å²) in [6.07, 6.45) is 0. The Morgan fingerprint density at radius 1 is 1.29 bits per heavy atom. The second-order valence-corrected chi connectivity index (χ2v) is 5.82. The smallest absolute Gasteiger partial charge is 0.217 e. The van der Waals surface area contributed by atoms with Crippen molar-refractivity contribution >= 4 is 28.1 Å². The lowest BCUT2D eigenvalue weighted by Gasteiger charge is -2.03. The number of furan rings is 1. The molecule has 1 amide bonds. The first-order valence-electron chi connectivity index (χ1n) is 7.02. The van der Waals surface area contributed by atoms with Crippen molar-refractivity contribution in [2.24, 2.45) is 0 Å². The number of anilines is 2. The molecule has 0 bridgehead atoms. The van der Waals surface area contributed by atoms with Gasteiger partial charge in [0.15, 0.2) is 10.9 Å². The highest BCUT2D eigenvalue weighted by molar-refractivity contribution is 7.14. The van der Waals surface area contributed by atoms with Crippen LogP contribution in [0.2, 0.25) is 0 Å². The summed E-state index contributed by atoms with van der Waals surface area (Å²) in [5.74, 6) is -0.330. The van der Waals surface area contributed by atoms with Crippen LogP contribution in [0.5, 0.6) is 0 Å². The van der Waals surface area contributed by atoms with E-state index in [0.29, 0.717) is 28.9 Å². The molecular formula is C16H13F2N3O2S. The van der Waals surface area contributed by atoms with Crippen LogP contribution in [-0.2, 0) is 11.3 Å². The zero-order valence-corrected chi connectivity index (χ0v) is 13.4. The highest BCUT2D eigenvalue weighted by atomic mass is 32.1. The predicted molar refractivity (Wildman–Crippen MR) is 87.0 cm³/mol. The Hall–Kier alpha value is -2.74. The van der Waals surface area contributed by atoms with Crippen LogP contribution in [0.4, 0.5) is 19.6 Å². The number of benzene rings is 1. The Morgan fingerprint density at radius 3 is 2.88 bits per heavy atom. The van der Waals surface area contributed by atoms with E-state index in [1.165, 1.54) is 30.4 Å². The van der Waals surface area contributed by atoms with Gasteiger partial charge in [0.25, 0.3) is 0 Å². The number of hydrogen-bond donors (Lipinski definition) is 2. The number of nitrogens with zero attached hydrogens (tertiary/aromatic N) is 1. The van der Waals surface area contributed by atoms with Gasteiger partial charge in [-0.25, -0.2) is 13.8 Å². The average molecular weight is 349 g/mol. The van der Waals surface area contributed by atoms with E-state index in [4.69, 9.17) is 4.42 Å². The lowest BCUT2D eigenvalue weighted by atomic mass is 10.3. The quantitative estimate of drug-likeness (QED) is 0.729. The van der Waals surface area contributed by atoms with Crippen LogP contribution >= 0.6 is 11.3 Å². The maximum Gasteiger partial charge on any atom is 0.217 e. The van der Waals surface area contributed by atoms with E-state index in [9.17, 15) is 13.6 Å². The second-order valence-electron chi connectivity index (χ2n) is 4.96. The lowest BCUT2D eigenvalue weighted by Crippen LogP contribution is -2.18. The SMILES string of the molecule is CC(=O)NCc1ccc(-c2csc(Nc3ccc(F)cc3F)n2)o1. The molecule has 24 heavy (non-hydrogen) atoms. The van der Waals surface area contributed by atoms with E-state index in [1.807, 2.05) is 0 Å². The third-order valence-electron chi connectivity index (χ3n) is 3.10. The third-order valence-corrected chi connectivity index (χ3v) is 3.86. The van der Waals surface area contributed by atoms with Gasteiger partial charge in [0, 0.05) is 18.4 Å². The monoisotopic (exact) mass is 349 g/mol. The summed E-state index contributed by atoms with van der Waals surface area (Å²) in [7, 11) is 0. The van der Waals surface area contributed by atoms with E-state index in [0.717, 1.165) is 6.07 Å². The van der Waals surface area contributed by atoms with Gasteiger partial charge in [-0.15, -0.1) is 11.3 Å². The van der Waals surface area contributed by atoms with E-state index in [-0.39, 0.29) is 11.6 Å². The fourth-order valence-corrected chi connectivity index (χ4v) is 2.68. The molecule has 0 aliphatic rings. The van der Waals surface area contributed by atoms with Gasteiger partial charge in [-0.2, -0.15) is 0 Å². The standard InChI is InChI=1S/C16H13F2N3O2S/c1-9(22)19-7-11-3-5-15(23-11)14-8-24-16(21-14)20-13-4-2-10(17)6-12(13)18/h2-6,8H,7H2,1H3,(H,19,22)(H,20,21). The normalized spacial score (nSPS) is 10.6. The summed E-state index contributed by atoms with van der Waals surface area (Å²) in [6.45, 7) is 1.72. The van der Waals surface area contributed by atoms with Crippen molar-refractivity contribution in [3.8, 4) is 11.5 Å². The van der Waals surface area contributed by atoms with E-state index in [1.54, 1.807) is 17.5 Å². The number of carbonyl (C=O) groups is 1. The molecular weight excluding hydrogens is 336 g/mol. The van der Waals surface area contributed by atoms with Crippen molar-refractivity contribution < 1.29 is 18.0 Å². The Kier molecular flexibility index (Phi) is 4.57. The Balaban J connectivity index is 1.72. The summed E-state index contributed by atoms with van der Waals surface area (Å²) in [6, 6.07) is 6.77. The molecule has 0 saturated heterocycles. The average Bonchev–Trinajstić information content (AvgIpc) is 3.17. The number of nitrogens with one attached hydrogen (secondary N) is 2. The van der Waals surface area contributed by atoms with Crippen LogP contribution in [0.15, 0.2) is 40.1 Å². The lowest BCUT2D eigenvalue weighted by molar-refractivity contribution is -0.119. The van der Waals surface area contributed by atoms with Crippen LogP contribution in [0.25, 0.3) is 11.5 Å². The van der Waals surface area contributed by atoms with Crippen LogP contribution in [0.1, 0.15) is 12.7 Å². The van der Waals surface area contributed by atoms with Gasteiger partial charge in [-0.05, 0) is 24.3 Å². The molecule has 0 saturated carbocycles. The maximum atomic E-state index is 13.6. The molecule has 2 aromatic heterocycles. The highest BCUT2D eigenvalue weighted by Gasteiger charge is 2.11. The van der Waals surface area contributed by atoms with Crippen molar-refractivity contribution in [1.29, 1.82) is 0 Å². The molecule has 1 aromatic carbocycles. The summed E-state index contributed by atoms with van der Waals surface area (Å²) in [5.41, 5.74) is 0.724. The van der Waals surface area contributed by atoms with E-state index >= 15 is 0 Å². The number of hydrogen-bond acceptors (Lipinski definition) is 5. The van der Waals surface area contributed by atoms with Gasteiger partial charge in [0.2, 0.25) is 5.91 Å². The Morgan fingerprint density at radius 2 is 2.12 bits per heavy atom. The molecule has 0 fully saturated rings. The van der Waals surface area contributed by atoms with Gasteiger partial charge < -0.3 is 15.1 Å². The largest absolute Gasteiger partial charge is 0.458 e. The highest BCUT2D eigenvalue weighted by Crippen LogP contribution is 2.29. The summed E-state index contributed by atoms with van der Waals surface area (Å²) < 4.78 is 32.1. The van der Waals surface area contributed by atoms with E-state index < -0.39 is 11.6 Å². The van der Waals surface area contributed by atoms with Crippen LogP contribution in [0.3, 0.4) is 0 Å². The molecule has 5 nitrogen and oxygen atoms in total. The number of aromatic nitrogens is 1. The first kappa shape index (κ1) is 16.1. The summed E-state index contributed by atoms with van der Waals surface area (Å²) >= 11 is 1.27. The molecule has 3 rings (SSSR count). The number of rotatable bonds is 5.